The average molecular weight is 355 g/mol. The molecule has 2 aromatic carbocycles. The zero-order chi connectivity index (χ0) is 14.4. The Labute approximate surface area is 128 Å². The van der Waals surface area contributed by atoms with Gasteiger partial charge in [0, 0.05) is 11.1 Å². The van der Waals surface area contributed by atoms with Crippen LogP contribution in [0.2, 0.25) is 5.02 Å². The molecule has 0 spiro atoms. The number of fused-ring (bicyclic) bond motifs is 1. The number of hydrogen-bond donors (Lipinski definition) is 1. The van der Waals surface area contributed by atoms with Crippen LogP contribution in [0.5, 0.6) is 0 Å². The van der Waals surface area contributed by atoms with Gasteiger partial charge in [0.25, 0.3) is 0 Å². The van der Waals surface area contributed by atoms with Crippen LogP contribution in [0.25, 0.3) is 16.7 Å². The topological polar surface area (TPSA) is 43.8 Å². The van der Waals surface area contributed by atoms with Crippen molar-refractivity contribution in [3.05, 3.63) is 51.2 Å². The van der Waals surface area contributed by atoms with Gasteiger partial charge in [-0.05, 0) is 46.6 Å². The van der Waals surface area contributed by atoms with Gasteiger partial charge in [-0.2, -0.15) is 0 Å². The summed E-state index contributed by atoms with van der Waals surface area (Å²) in [4.78, 5) is 4.24. The molecule has 0 radical (unpaired) electrons. The summed E-state index contributed by atoms with van der Waals surface area (Å²) >= 11 is 9.28. The minimum atomic E-state index is -0.364. The molecule has 1 aromatic heterocycles. The highest BCUT2D eigenvalue weighted by Crippen LogP contribution is 2.29. The lowest BCUT2D eigenvalue weighted by Crippen LogP contribution is -2.01. The summed E-state index contributed by atoms with van der Waals surface area (Å²) in [5.74, 6) is -0.0747. The first-order chi connectivity index (χ1) is 9.47. The van der Waals surface area contributed by atoms with Gasteiger partial charge < -0.3 is 5.73 Å². The second-order valence-corrected chi connectivity index (χ2v) is 5.76. The van der Waals surface area contributed by atoms with Crippen LogP contribution in [0.15, 0.2) is 34.8 Å². The number of nitrogen functional groups attached to an aromatic ring is 1. The Morgan fingerprint density at radius 3 is 2.75 bits per heavy atom. The van der Waals surface area contributed by atoms with Crippen LogP contribution in [0.3, 0.4) is 0 Å². The number of hydrogen-bond acceptors (Lipinski definition) is 2. The van der Waals surface area contributed by atoms with E-state index in [1.807, 2.05) is 19.1 Å². The van der Waals surface area contributed by atoms with E-state index in [-0.39, 0.29) is 11.8 Å². The Morgan fingerprint density at radius 1 is 1.30 bits per heavy atom. The Kier molecular flexibility index (Phi) is 3.18. The van der Waals surface area contributed by atoms with Crippen molar-refractivity contribution < 1.29 is 4.39 Å². The summed E-state index contributed by atoms with van der Waals surface area (Å²) in [6.07, 6.45) is 0. The quantitative estimate of drug-likeness (QED) is 0.700. The van der Waals surface area contributed by atoms with Gasteiger partial charge in [-0.25, -0.2) is 9.37 Å². The van der Waals surface area contributed by atoms with Gasteiger partial charge >= 0.3 is 0 Å². The number of nitrogens with two attached hydrogens (primary N) is 1. The van der Waals surface area contributed by atoms with Crippen LogP contribution >= 0.6 is 27.5 Å². The van der Waals surface area contributed by atoms with Crippen LogP contribution in [0.4, 0.5) is 10.3 Å². The number of nitrogens with zero attached hydrogens (tertiary/aromatic N) is 2. The van der Waals surface area contributed by atoms with Gasteiger partial charge in [-0.15, -0.1) is 0 Å². The monoisotopic (exact) mass is 353 g/mol. The number of imidazole rings is 1. The summed E-state index contributed by atoms with van der Waals surface area (Å²) in [5, 5.41) is 0.626. The number of rotatable bonds is 1. The highest BCUT2D eigenvalue weighted by atomic mass is 79.9. The van der Waals surface area contributed by atoms with E-state index >= 15 is 0 Å². The highest BCUT2D eigenvalue weighted by Gasteiger charge is 2.13. The van der Waals surface area contributed by atoms with E-state index in [1.54, 1.807) is 16.7 Å². The van der Waals surface area contributed by atoms with Gasteiger partial charge in [0.05, 0.1) is 21.2 Å². The van der Waals surface area contributed by atoms with Crippen molar-refractivity contribution >= 4 is 44.5 Å². The molecule has 0 amide bonds. The maximum Gasteiger partial charge on any atom is 0.205 e. The number of halogens is 3. The largest absolute Gasteiger partial charge is 0.369 e. The SMILES string of the molecule is Cc1ccc(-n2c(N)nc3cc(Br)c(F)cc32)cc1Cl. The molecule has 0 unspecified atom stereocenters. The Balaban J connectivity index is 2.32. The van der Waals surface area contributed by atoms with Crippen molar-refractivity contribution in [1.82, 2.24) is 9.55 Å². The van der Waals surface area contributed by atoms with E-state index in [9.17, 15) is 4.39 Å². The molecule has 102 valence electrons. The Bertz CT molecular complexity index is 829. The van der Waals surface area contributed by atoms with Crippen LogP contribution in [0, 0.1) is 12.7 Å². The third-order valence-corrected chi connectivity index (χ3v) is 4.15. The van der Waals surface area contributed by atoms with Crippen LogP contribution in [0.1, 0.15) is 5.56 Å². The molecule has 0 bridgehead atoms. The van der Waals surface area contributed by atoms with Crippen molar-refractivity contribution in [3.63, 3.8) is 0 Å². The second kappa shape index (κ2) is 4.75. The Morgan fingerprint density at radius 2 is 2.05 bits per heavy atom. The lowest BCUT2D eigenvalue weighted by molar-refractivity contribution is 0.622. The van der Waals surface area contributed by atoms with Crippen molar-refractivity contribution in [3.8, 4) is 5.69 Å². The molecule has 6 heteroatoms. The maximum atomic E-state index is 13.7. The summed E-state index contributed by atoms with van der Waals surface area (Å²) in [7, 11) is 0. The molecular formula is C14H10BrClFN3. The molecular weight excluding hydrogens is 345 g/mol. The molecule has 3 nitrogen and oxygen atoms in total. The molecule has 1 heterocycles. The summed E-state index contributed by atoms with van der Waals surface area (Å²) in [5.41, 5.74) is 8.88. The predicted molar refractivity (Wildman–Crippen MR) is 82.9 cm³/mol. The molecule has 0 saturated carbocycles. The van der Waals surface area contributed by atoms with Gasteiger partial charge in [0.2, 0.25) is 5.95 Å². The molecule has 0 saturated heterocycles. The predicted octanol–water partition coefficient (Wildman–Crippen LogP) is 4.47. The fraction of sp³-hybridized carbons (Fsp3) is 0.0714. The van der Waals surface area contributed by atoms with Crippen molar-refractivity contribution in [2.45, 2.75) is 6.92 Å². The van der Waals surface area contributed by atoms with E-state index in [0.717, 1.165) is 11.3 Å². The first kappa shape index (κ1) is 13.4. The summed E-state index contributed by atoms with van der Waals surface area (Å²) in [6, 6.07) is 8.55. The molecule has 0 aliphatic carbocycles. The molecule has 0 fully saturated rings. The summed E-state index contributed by atoms with van der Waals surface area (Å²) < 4.78 is 15.8. The van der Waals surface area contributed by atoms with Gasteiger partial charge in [0.1, 0.15) is 5.82 Å². The third kappa shape index (κ3) is 2.07. The molecule has 0 aliphatic heterocycles. The van der Waals surface area contributed by atoms with Gasteiger partial charge in [-0.1, -0.05) is 17.7 Å². The van der Waals surface area contributed by atoms with Crippen LogP contribution < -0.4 is 5.73 Å². The van der Waals surface area contributed by atoms with E-state index in [2.05, 4.69) is 20.9 Å². The fourth-order valence-electron chi connectivity index (χ4n) is 2.08. The number of aromatic nitrogens is 2. The molecule has 0 atom stereocenters. The maximum absolute atomic E-state index is 13.7. The van der Waals surface area contributed by atoms with Crippen molar-refractivity contribution in [2.75, 3.05) is 5.73 Å². The van der Waals surface area contributed by atoms with Gasteiger partial charge in [-0.3, -0.25) is 4.57 Å². The first-order valence-electron chi connectivity index (χ1n) is 5.87. The van der Waals surface area contributed by atoms with Crippen LogP contribution in [-0.2, 0) is 0 Å². The molecule has 0 aliphatic rings. The average Bonchev–Trinajstić information content (AvgIpc) is 2.69. The smallest absolute Gasteiger partial charge is 0.205 e. The summed E-state index contributed by atoms with van der Waals surface area (Å²) in [6.45, 7) is 1.91. The number of benzene rings is 2. The molecule has 20 heavy (non-hydrogen) atoms. The first-order valence-corrected chi connectivity index (χ1v) is 7.04. The minimum Gasteiger partial charge on any atom is -0.369 e. The number of anilines is 1. The van der Waals surface area contributed by atoms with E-state index in [0.29, 0.717) is 20.5 Å². The zero-order valence-corrected chi connectivity index (χ0v) is 12.8. The zero-order valence-electron chi connectivity index (χ0n) is 10.5. The molecule has 3 aromatic rings. The molecule has 3 rings (SSSR count). The van der Waals surface area contributed by atoms with E-state index < -0.39 is 0 Å². The van der Waals surface area contributed by atoms with E-state index in [1.165, 1.54) is 6.07 Å². The van der Waals surface area contributed by atoms with Crippen molar-refractivity contribution in [1.29, 1.82) is 0 Å². The van der Waals surface area contributed by atoms with Crippen molar-refractivity contribution in [2.24, 2.45) is 0 Å². The normalized spacial score (nSPS) is 11.2. The lowest BCUT2D eigenvalue weighted by atomic mass is 10.2. The lowest BCUT2D eigenvalue weighted by Gasteiger charge is -2.08. The molecule has 2 N–H and O–H groups in total. The minimum absolute atomic E-state index is 0.289. The standard InChI is InChI=1S/C14H10BrClFN3/c1-7-2-3-8(4-10(7)16)20-13-6-11(17)9(15)5-12(13)19-14(20)18/h2-6H,1H3,(H2,18,19). The van der Waals surface area contributed by atoms with Gasteiger partial charge in [0.15, 0.2) is 0 Å². The third-order valence-electron chi connectivity index (χ3n) is 3.14. The Hall–Kier alpha value is -1.59. The number of aryl methyl sites for hydroxylation is 1. The highest BCUT2D eigenvalue weighted by molar-refractivity contribution is 9.10. The van der Waals surface area contributed by atoms with Crippen LogP contribution in [-0.4, -0.2) is 9.55 Å². The fourth-order valence-corrected chi connectivity index (χ4v) is 2.59. The second-order valence-electron chi connectivity index (χ2n) is 4.49. The van der Waals surface area contributed by atoms with E-state index in [4.69, 9.17) is 17.3 Å².